The molecule has 0 bridgehead atoms. The minimum Gasteiger partial charge on any atom is -0.297 e. The van der Waals surface area contributed by atoms with Crippen molar-refractivity contribution in [3.05, 3.63) is 30.1 Å². The third-order valence-corrected chi connectivity index (χ3v) is 3.84. The van der Waals surface area contributed by atoms with Gasteiger partial charge in [-0.05, 0) is 38.1 Å². The van der Waals surface area contributed by atoms with Gasteiger partial charge in [-0.3, -0.25) is 14.7 Å². The first-order valence-corrected chi connectivity index (χ1v) is 6.75. The lowest BCUT2D eigenvalue weighted by molar-refractivity contribution is -0.129. The molecule has 1 aromatic rings. The smallest absolute Gasteiger partial charge is 0.157 e. The molecule has 1 unspecified atom stereocenters. The van der Waals surface area contributed by atoms with Crippen LogP contribution in [-0.2, 0) is 11.2 Å². The summed E-state index contributed by atoms with van der Waals surface area (Å²) in [6, 6.07) is 3.84. The Morgan fingerprint density at radius 2 is 2.00 bits per heavy atom. The van der Waals surface area contributed by atoms with Gasteiger partial charge in [-0.1, -0.05) is 26.8 Å². The maximum absolute atomic E-state index is 12.6. The van der Waals surface area contributed by atoms with Gasteiger partial charge >= 0.3 is 0 Å². The third-order valence-electron chi connectivity index (χ3n) is 3.84. The molecule has 1 heterocycles. The number of nitrogens with zero attached hydrogens (tertiary/aromatic N) is 2. The van der Waals surface area contributed by atoms with Crippen molar-refractivity contribution >= 4 is 5.78 Å². The van der Waals surface area contributed by atoms with Gasteiger partial charge in [0, 0.05) is 18.8 Å². The first kappa shape index (κ1) is 14.8. The summed E-state index contributed by atoms with van der Waals surface area (Å²) in [4.78, 5) is 18.9. The zero-order valence-electron chi connectivity index (χ0n) is 11.9. The van der Waals surface area contributed by atoms with Crippen molar-refractivity contribution in [3.8, 4) is 0 Å². The second-order valence-corrected chi connectivity index (χ2v) is 4.76. The van der Waals surface area contributed by atoms with Crippen molar-refractivity contribution in [2.24, 2.45) is 0 Å². The van der Waals surface area contributed by atoms with Gasteiger partial charge < -0.3 is 0 Å². The van der Waals surface area contributed by atoms with Crippen LogP contribution >= 0.6 is 0 Å². The van der Waals surface area contributed by atoms with Crippen LogP contribution in [0.5, 0.6) is 0 Å². The van der Waals surface area contributed by atoms with Crippen molar-refractivity contribution in [2.75, 3.05) is 13.1 Å². The average Bonchev–Trinajstić information content (AvgIpc) is 2.40. The standard InChI is InChI=1S/C15H24N2O/c1-5-15(4,17(6-2)7-3)14(18)11-13-9-8-10-16-12-13/h8-10,12H,5-7,11H2,1-4H3. The Hall–Kier alpha value is -1.22. The Morgan fingerprint density at radius 3 is 2.44 bits per heavy atom. The van der Waals surface area contributed by atoms with Crippen LogP contribution in [-0.4, -0.2) is 34.3 Å². The molecule has 0 amide bonds. The molecule has 0 aliphatic rings. The average molecular weight is 248 g/mol. The van der Waals surface area contributed by atoms with Gasteiger partial charge in [0.2, 0.25) is 0 Å². The van der Waals surface area contributed by atoms with E-state index in [0.717, 1.165) is 25.1 Å². The maximum Gasteiger partial charge on any atom is 0.157 e. The SMILES string of the molecule is CCN(CC)C(C)(CC)C(=O)Cc1cccnc1. The van der Waals surface area contributed by atoms with E-state index in [9.17, 15) is 4.79 Å². The molecule has 0 aromatic carbocycles. The molecule has 0 saturated carbocycles. The number of Topliss-reactive ketones (excluding diaryl/α,β-unsaturated/α-hetero) is 1. The van der Waals surface area contributed by atoms with Crippen LogP contribution in [0.2, 0.25) is 0 Å². The summed E-state index contributed by atoms with van der Waals surface area (Å²) in [7, 11) is 0. The monoisotopic (exact) mass is 248 g/mol. The molecule has 0 radical (unpaired) electrons. The predicted octanol–water partition coefficient (Wildman–Crippen LogP) is 2.70. The van der Waals surface area contributed by atoms with Crippen molar-refractivity contribution in [1.82, 2.24) is 9.88 Å². The summed E-state index contributed by atoms with van der Waals surface area (Å²) >= 11 is 0. The van der Waals surface area contributed by atoms with E-state index in [1.54, 1.807) is 12.4 Å². The minimum absolute atomic E-state index is 0.279. The Kier molecular flexibility index (Phi) is 5.48. The van der Waals surface area contributed by atoms with Gasteiger partial charge in [-0.2, -0.15) is 0 Å². The van der Waals surface area contributed by atoms with Gasteiger partial charge in [0.15, 0.2) is 5.78 Å². The molecule has 3 heteroatoms. The number of rotatable bonds is 7. The van der Waals surface area contributed by atoms with E-state index in [2.05, 4.69) is 37.6 Å². The molecule has 0 saturated heterocycles. The van der Waals surface area contributed by atoms with Crippen LogP contribution in [0.4, 0.5) is 0 Å². The lowest BCUT2D eigenvalue weighted by atomic mass is 9.87. The Balaban J connectivity index is 2.85. The zero-order chi connectivity index (χ0) is 13.6. The number of aromatic nitrogens is 1. The Bertz CT molecular complexity index is 373. The van der Waals surface area contributed by atoms with Crippen LogP contribution in [0.25, 0.3) is 0 Å². The largest absolute Gasteiger partial charge is 0.297 e. The molecular formula is C15H24N2O. The molecule has 0 N–H and O–H groups in total. The molecule has 0 aliphatic carbocycles. The summed E-state index contributed by atoms with van der Waals surface area (Å²) in [6.45, 7) is 10.2. The van der Waals surface area contributed by atoms with Gasteiger partial charge in [-0.15, -0.1) is 0 Å². The third kappa shape index (κ3) is 3.16. The fourth-order valence-electron chi connectivity index (χ4n) is 2.40. The first-order chi connectivity index (χ1) is 8.58. The van der Waals surface area contributed by atoms with Crippen molar-refractivity contribution in [3.63, 3.8) is 0 Å². The number of ketones is 1. The fraction of sp³-hybridized carbons (Fsp3) is 0.600. The van der Waals surface area contributed by atoms with Crippen LogP contribution < -0.4 is 0 Å². The van der Waals surface area contributed by atoms with Gasteiger partial charge in [0.1, 0.15) is 0 Å². The molecule has 0 aliphatic heterocycles. The summed E-state index contributed by atoms with van der Waals surface area (Å²) in [5.41, 5.74) is 0.633. The normalized spacial score (nSPS) is 14.5. The van der Waals surface area contributed by atoms with Gasteiger partial charge in [-0.25, -0.2) is 0 Å². The zero-order valence-corrected chi connectivity index (χ0v) is 11.9. The van der Waals surface area contributed by atoms with E-state index in [1.165, 1.54) is 0 Å². The highest BCUT2D eigenvalue weighted by Crippen LogP contribution is 2.22. The van der Waals surface area contributed by atoms with Gasteiger partial charge in [0.05, 0.1) is 5.54 Å². The Labute approximate surface area is 110 Å². The van der Waals surface area contributed by atoms with Crippen molar-refractivity contribution < 1.29 is 4.79 Å². The van der Waals surface area contributed by atoms with E-state index >= 15 is 0 Å². The minimum atomic E-state index is -0.362. The fourth-order valence-corrected chi connectivity index (χ4v) is 2.40. The van der Waals surface area contributed by atoms with Crippen LogP contribution in [0.3, 0.4) is 0 Å². The second-order valence-electron chi connectivity index (χ2n) is 4.76. The summed E-state index contributed by atoms with van der Waals surface area (Å²) in [5.74, 6) is 0.279. The van der Waals surface area contributed by atoms with E-state index in [1.807, 2.05) is 12.1 Å². The number of hydrogen-bond acceptors (Lipinski definition) is 3. The summed E-state index contributed by atoms with van der Waals surface area (Å²) in [6.07, 6.45) is 4.82. The number of carbonyl (C=O) groups excluding carboxylic acids is 1. The summed E-state index contributed by atoms with van der Waals surface area (Å²) < 4.78 is 0. The van der Waals surface area contributed by atoms with Crippen molar-refractivity contribution in [1.29, 1.82) is 0 Å². The van der Waals surface area contributed by atoms with E-state index < -0.39 is 0 Å². The Morgan fingerprint density at radius 1 is 1.33 bits per heavy atom. The molecule has 1 atom stereocenters. The van der Waals surface area contributed by atoms with Crippen LogP contribution in [0.1, 0.15) is 39.7 Å². The molecule has 18 heavy (non-hydrogen) atoms. The lowest BCUT2D eigenvalue weighted by Crippen LogP contribution is -2.52. The van der Waals surface area contributed by atoms with E-state index in [4.69, 9.17) is 0 Å². The molecule has 1 rings (SSSR count). The van der Waals surface area contributed by atoms with Crippen molar-refractivity contribution in [2.45, 2.75) is 46.1 Å². The maximum atomic E-state index is 12.6. The van der Waals surface area contributed by atoms with Gasteiger partial charge in [0.25, 0.3) is 0 Å². The first-order valence-electron chi connectivity index (χ1n) is 6.75. The highest BCUT2D eigenvalue weighted by Gasteiger charge is 2.35. The van der Waals surface area contributed by atoms with Crippen LogP contribution in [0, 0.1) is 0 Å². The summed E-state index contributed by atoms with van der Waals surface area (Å²) in [5, 5.41) is 0. The number of likely N-dealkylation sites (N-methyl/N-ethyl adjacent to an activating group) is 1. The van der Waals surface area contributed by atoms with E-state index in [-0.39, 0.29) is 11.3 Å². The number of carbonyl (C=O) groups is 1. The number of pyridine rings is 1. The molecule has 3 nitrogen and oxygen atoms in total. The molecule has 100 valence electrons. The second kappa shape index (κ2) is 6.64. The quantitative estimate of drug-likeness (QED) is 0.744. The lowest BCUT2D eigenvalue weighted by Gasteiger charge is -2.38. The molecule has 0 fully saturated rings. The van der Waals surface area contributed by atoms with E-state index in [0.29, 0.717) is 6.42 Å². The predicted molar refractivity (Wildman–Crippen MR) is 74.6 cm³/mol. The molecular weight excluding hydrogens is 224 g/mol. The number of hydrogen-bond donors (Lipinski definition) is 0. The highest BCUT2D eigenvalue weighted by molar-refractivity contribution is 5.89. The topological polar surface area (TPSA) is 33.2 Å². The van der Waals surface area contributed by atoms with Crippen LogP contribution in [0.15, 0.2) is 24.5 Å². The molecule has 0 spiro atoms. The highest BCUT2D eigenvalue weighted by atomic mass is 16.1. The molecule has 1 aromatic heterocycles.